The molecule has 0 amide bonds. The minimum absolute atomic E-state index is 0. The zero-order valence-corrected chi connectivity index (χ0v) is 7.04. The summed E-state index contributed by atoms with van der Waals surface area (Å²) in [7, 11) is 0. The van der Waals surface area contributed by atoms with Crippen LogP contribution in [0, 0.1) is 5.92 Å². The zero-order valence-electron chi connectivity index (χ0n) is 6.10. The van der Waals surface area contributed by atoms with E-state index >= 15 is 0 Å². The summed E-state index contributed by atoms with van der Waals surface area (Å²) in [5.41, 5.74) is 5.27. The van der Waals surface area contributed by atoms with Gasteiger partial charge in [-0.2, -0.15) is 0 Å². The van der Waals surface area contributed by atoms with Crippen LogP contribution in [0.2, 0.25) is 0 Å². The van der Waals surface area contributed by atoms with Gasteiger partial charge in [0, 0.05) is 0 Å². The van der Waals surface area contributed by atoms with E-state index in [0.717, 1.165) is 6.42 Å². The molecular formula is C6H13CuNO2+. The van der Waals surface area contributed by atoms with Gasteiger partial charge in [-0.25, -0.2) is 0 Å². The monoisotopic (exact) mass is 194 g/mol. The Morgan fingerprint density at radius 3 is 2.20 bits per heavy atom. The van der Waals surface area contributed by atoms with Gasteiger partial charge in [0.25, 0.3) is 0 Å². The van der Waals surface area contributed by atoms with E-state index in [9.17, 15) is 4.79 Å². The van der Waals surface area contributed by atoms with Gasteiger partial charge >= 0.3 is 23.0 Å². The van der Waals surface area contributed by atoms with Gasteiger partial charge in [-0.1, -0.05) is 20.3 Å². The number of hydrogen-bond acceptors (Lipinski definition) is 2. The molecule has 0 rings (SSSR count). The second-order valence-corrected chi connectivity index (χ2v) is 2.25. The standard InChI is InChI=1S/C6H13NO2.Cu/c1-3-4(2)5(7)6(8)9;/h4-5H,3,7H2,1-2H3,(H,8,9);/q;+1/t4-,5-;/m0./s1. The molecule has 0 radical (unpaired) electrons. The third-order valence-electron chi connectivity index (χ3n) is 1.54. The molecule has 4 heteroatoms. The van der Waals surface area contributed by atoms with Crippen LogP contribution in [0.25, 0.3) is 0 Å². The van der Waals surface area contributed by atoms with Gasteiger partial charge in [0.1, 0.15) is 6.04 Å². The van der Waals surface area contributed by atoms with Gasteiger partial charge < -0.3 is 10.8 Å². The zero-order chi connectivity index (χ0) is 7.44. The molecule has 0 aliphatic heterocycles. The SMILES string of the molecule is CC[C@H](C)[C@H](N)C(=O)O.[Cu+]. The van der Waals surface area contributed by atoms with Crippen molar-refractivity contribution in [3.63, 3.8) is 0 Å². The number of aliphatic carboxylic acids is 1. The molecule has 0 heterocycles. The fourth-order valence-corrected chi connectivity index (χ4v) is 0.497. The first-order valence-electron chi connectivity index (χ1n) is 3.08. The van der Waals surface area contributed by atoms with Crippen LogP contribution in [0.5, 0.6) is 0 Å². The average Bonchev–Trinajstić information content (AvgIpc) is 1.84. The first kappa shape index (κ1) is 12.6. The van der Waals surface area contributed by atoms with E-state index < -0.39 is 12.0 Å². The Kier molecular flexibility index (Phi) is 7.20. The maximum atomic E-state index is 10.2. The van der Waals surface area contributed by atoms with Crippen LogP contribution in [0.1, 0.15) is 20.3 Å². The summed E-state index contributed by atoms with van der Waals surface area (Å²) in [4.78, 5) is 10.2. The minimum Gasteiger partial charge on any atom is -0.480 e. The Bertz CT molecular complexity index is 108. The van der Waals surface area contributed by atoms with E-state index in [1.165, 1.54) is 0 Å². The number of carboxylic acid groups (broad SMARTS) is 1. The molecule has 0 aromatic rings. The van der Waals surface area contributed by atoms with Crippen molar-refractivity contribution in [1.82, 2.24) is 0 Å². The second-order valence-electron chi connectivity index (χ2n) is 2.25. The molecule has 0 unspecified atom stereocenters. The van der Waals surface area contributed by atoms with Crippen LogP contribution < -0.4 is 5.73 Å². The number of nitrogens with two attached hydrogens (primary N) is 1. The van der Waals surface area contributed by atoms with Crippen molar-refractivity contribution < 1.29 is 27.0 Å². The Morgan fingerprint density at radius 2 is 2.10 bits per heavy atom. The molecule has 64 valence electrons. The molecule has 0 aromatic heterocycles. The van der Waals surface area contributed by atoms with Crippen LogP contribution in [0.3, 0.4) is 0 Å². The van der Waals surface area contributed by atoms with Crippen LogP contribution in [-0.4, -0.2) is 17.1 Å². The average molecular weight is 195 g/mol. The normalized spacial score (nSPS) is 15.1. The fraction of sp³-hybridized carbons (Fsp3) is 0.833. The Hall–Kier alpha value is -0.0505. The summed E-state index contributed by atoms with van der Waals surface area (Å²) >= 11 is 0. The van der Waals surface area contributed by atoms with Crippen molar-refractivity contribution in [3.8, 4) is 0 Å². The third kappa shape index (κ3) is 3.88. The predicted octanol–water partition coefficient (Wildman–Crippen LogP) is 0.442. The summed E-state index contributed by atoms with van der Waals surface area (Å²) in [6.07, 6.45) is 0.813. The summed E-state index contributed by atoms with van der Waals surface area (Å²) in [5.74, 6) is -0.841. The molecule has 0 saturated carbocycles. The molecule has 3 nitrogen and oxygen atoms in total. The third-order valence-corrected chi connectivity index (χ3v) is 1.54. The van der Waals surface area contributed by atoms with E-state index in [0.29, 0.717) is 0 Å². The largest absolute Gasteiger partial charge is 1.00 e. The summed E-state index contributed by atoms with van der Waals surface area (Å²) in [6, 6.07) is -0.699. The number of hydrogen-bond donors (Lipinski definition) is 2. The molecule has 2 atom stereocenters. The van der Waals surface area contributed by atoms with Crippen molar-refractivity contribution in [1.29, 1.82) is 0 Å². The van der Waals surface area contributed by atoms with E-state index in [1.54, 1.807) is 0 Å². The van der Waals surface area contributed by atoms with Crippen LogP contribution in [0.4, 0.5) is 0 Å². The van der Waals surface area contributed by atoms with Crippen LogP contribution >= 0.6 is 0 Å². The van der Waals surface area contributed by atoms with Crippen molar-refractivity contribution in [2.45, 2.75) is 26.3 Å². The fourth-order valence-electron chi connectivity index (χ4n) is 0.497. The van der Waals surface area contributed by atoms with E-state index in [1.807, 2.05) is 13.8 Å². The van der Waals surface area contributed by atoms with Crippen molar-refractivity contribution >= 4 is 5.97 Å². The molecule has 0 bridgehead atoms. The number of carbonyl (C=O) groups is 1. The van der Waals surface area contributed by atoms with Crippen molar-refractivity contribution in [2.75, 3.05) is 0 Å². The molecule has 3 N–H and O–H groups in total. The summed E-state index contributed by atoms with van der Waals surface area (Å²) in [5, 5.41) is 8.36. The number of rotatable bonds is 3. The van der Waals surface area contributed by atoms with E-state index in [4.69, 9.17) is 10.8 Å². The van der Waals surface area contributed by atoms with Gasteiger partial charge in [0.2, 0.25) is 0 Å². The maximum Gasteiger partial charge on any atom is 1.00 e. The number of carboxylic acids is 1. The Balaban J connectivity index is 0. The van der Waals surface area contributed by atoms with Crippen LogP contribution in [0.15, 0.2) is 0 Å². The molecule has 0 aromatic carbocycles. The first-order chi connectivity index (χ1) is 4.09. The molecule has 0 saturated heterocycles. The smallest absolute Gasteiger partial charge is 0.480 e. The van der Waals surface area contributed by atoms with Crippen molar-refractivity contribution in [2.24, 2.45) is 11.7 Å². The molecular weight excluding hydrogens is 182 g/mol. The minimum atomic E-state index is -0.913. The van der Waals surface area contributed by atoms with Gasteiger partial charge in [0.05, 0.1) is 0 Å². The van der Waals surface area contributed by atoms with Crippen molar-refractivity contribution in [3.05, 3.63) is 0 Å². The molecule has 0 fully saturated rings. The molecule has 0 aliphatic rings. The summed E-state index contributed by atoms with van der Waals surface area (Å²) < 4.78 is 0. The van der Waals surface area contributed by atoms with Crippen LogP contribution in [-0.2, 0) is 21.9 Å². The van der Waals surface area contributed by atoms with E-state index in [-0.39, 0.29) is 23.0 Å². The second kappa shape index (κ2) is 5.71. The first-order valence-corrected chi connectivity index (χ1v) is 3.08. The maximum absolute atomic E-state index is 10.2. The topological polar surface area (TPSA) is 63.3 Å². The van der Waals surface area contributed by atoms with Gasteiger partial charge in [-0.15, -0.1) is 0 Å². The van der Waals surface area contributed by atoms with E-state index in [2.05, 4.69) is 0 Å². The molecule has 0 spiro atoms. The predicted molar refractivity (Wildman–Crippen MR) is 35.1 cm³/mol. The van der Waals surface area contributed by atoms with Gasteiger partial charge in [-0.3, -0.25) is 4.79 Å². The van der Waals surface area contributed by atoms with Gasteiger partial charge in [-0.05, 0) is 5.92 Å². The molecule has 0 aliphatic carbocycles. The Morgan fingerprint density at radius 1 is 1.70 bits per heavy atom. The molecule has 10 heavy (non-hydrogen) atoms. The van der Waals surface area contributed by atoms with Gasteiger partial charge in [0.15, 0.2) is 0 Å². The summed E-state index contributed by atoms with van der Waals surface area (Å²) in [6.45, 7) is 3.76. The quantitative estimate of drug-likeness (QED) is 0.641. The Labute approximate surface area is 71.5 Å².